The predicted octanol–water partition coefficient (Wildman–Crippen LogP) is 3.51. The molecule has 25 heavy (non-hydrogen) atoms. The molecule has 10 heteroatoms. The van der Waals surface area contributed by atoms with Gasteiger partial charge in [-0.05, 0) is 31.0 Å². The third-order valence-corrected chi connectivity index (χ3v) is 4.00. The van der Waals surface area contributed by atoms with Crippen molar-refractivity contribution in [1.29, 1.82) is 0 Å². The number of ether oxygens (including phenoxy) is 1. The Kier molecular flexibility index (Phi) is 5.25. The van der Waals surface area contributed by atoms with Crippen molar-refractivity contribution in [2.75, 3.05) is 23.8 Å². The summed E-state index contributed by atoms with van der Waals surface area (Å²) in [5, 5.41) is 17.1. The first kappa shape index (κ1) is 17.3. The molecule has 1 aromatic heterocycles. The zero-order valence-corrected chi connectivity index (χ0v) is 13.8. The minimum atomic E-state index is -0.580. The molecular weight excluding hydrogens is 353 g/mol. The summed E-state index contributed by atoms with van der Waals surface area (Å²) in [4.78, 5) is 18.8. The van der Waals surface area contributed by atoms with Crippen LogP contribution in [-0.2, 0) is 4.74 Å². The van der Waals surface area contributed by atoms with E-state index in [1.54, 1.807) is 0 Å². The highest BCUT2D eigenvalue weighted by molar-refractivity contribution is 6.31. The summed E-state index contributed by atoms with van der Waals surface area (Å²) in [6, 6.07) is 3.89. The molecule has 1 saturated heterocycles. The summed E-state index contributed by atoms with van der Waals surface area (Å²) < 4.78 is 18.7. The molecule has 1 atom stereocenters. The first-order valence-corrected chi connectivity index (χ1v) is 7.99. The van der Waals surface area contributed by atoms with Gasteiger partial charge in [0, 0.05) is 18.8 Å². The van der Waals surface area contributed by atoms with Crippen LogP contribution < -0.4 is 10.6 Å². The number of rotatable bonds is 6. The highest BCUT2D eigenvalue weighted by Gasteiger charge is 2.24. The van der Waals surface area contributed by atoms with Gasteiger partial charge in [0.2, 0.25) is 11.6 Å². The van der Waals surface area contributed by atoms with Crippen molar-refractivity contribution in [2.24, 2.45) is 0 Å². The summed E-state index contributed by atoms with van der Waals surface area (Å²) in [5.74, 6) is -0.507. The standard InChI is InChI=1S/C15H15ClFN5O3/c16-11-6-9(3-4-12(11)17)21-15-13(22(23)24)14(19-8-20-15)18-7-10-2-1-5-25-10/h3-4,6,8,10H,1-2,5,7H2,(H2,18,19,20,21). The van der Waals surface area contributed by atoms with E-state index in [0.717, 1.165) is 18.9 Å². The molecule has 2 aromatic rings. The summed E-state index contributed by atoms with van der Waals surface area (Å²) >= 11 is 5.73. The van der Waals surface area contributed by atoms with Gasteiger partial charge in [0.1, 0.15) is 12.1 Å². The van der Waals surface area contributed by atoms with E-state index in [2.05, 4.69) is 20.6 Å². The van der Waals surface area contributed by atoms with Crippen LogP contribution in [0.25, 0.3) is 0 Å². The monoisotopic (exact) mass is 367 g/mol. The van der Waals surface area contributed by atoms with Gasteiger partial charge >= 0.3 is 5.69 Å². The molecule has 1 fully saturated rings. The number of hydrogen-bond donors (Lipinski definition) is 2. The summed E-state index contributed by atoms with van der Waals surface area (Å²) in [7, 11) is 0. The fourth-order valence-corrected chi connectivity index (χ4v) is 2.68. The Hall–Kier alpha value is -2.52. The van der Waals surface area contributed by atoms with E-state index < -0.39 is 10.7 Å². The Balaban J connectivity index is 1.83. The van der Waals surface area contributed by atoms with Gasteiger partial charge in [-0.3, -0.25) is 10.1 Å². The molecule has 0 aliphatic carbocycles. The lowest BCUT2D eigenvalue weighted by molar-refractivity contribution is -0.383. The number of halogens is 2. The predicted molar refractivity (Wildman–Crippen MR) is 90.8 cm³/mol. The number of nitro groups is 1. The van der Waals surface area contributed by atoms with Gasteiger partial charge in [-0.1, -0.05) is 11.6 Å². The Morgan fingerprint density at radius 3 is 2.88 bits per heavy atom. The maximum absolute atomic E-state index is 13.2. The van der Waals surface area contributed by atoms with Crippen molar-refractivity contribution in [2.45, 2.75) is 18.9 Å². The van der Waals surface area contributed by atoms with E-state index in [-0.39, 0.29) is 28.4 Å². The largest absolute Gasteiger partial charge is 0.376 e. The quantitative estimate of drug-likeness (QED) is 0.594. The van der Waals surface area contributed by atoms with Crippen LogP contribution in [0.2, 0.25) is 5.02 Å². The second kappa shape index (κ2) is 7.58. The normalized spacial score (nSPS) is 16.6. The molecule has 8 nitrogen and oxygen atoms in total. The molecule has 2 heterocycles. The molecule has 3 rings (SSSR count). The van der Waals surface area contributed by atoms with Gasteiger partial charge in [-0.25, -0.2) is 14.4 Å². The van der Waals surface area contributed by atoms with E-state index in [1.807, 2.05) is 0 Å². The van der Waals surface area contributed by atoms with E-state index in [9.17, 15) is 14.5 Å². The van der Waals surface area contributed by atoms with Crippen molar-refractivity contribution in [1.82, 2.24) is 9.97 Å². The smallest absolute Gasteiger partial charge is 0.353 e. The first-order chi connectivity index (χ1) is 12.0. The highest BCUT2D eigenvalue weighted by atomic mass is 35.5. The van der Waals surface area contributed by atoms with Crippen molar-refractivity contribution in [3.8, 4) is 0 Å². The molecule has 0 spiro atoms. The molecule has 0 amide bonds. The summed E-state index contributed by atoms with van der Waals surface area (Å²) in [6.45, 7) is 1.11. The zero-order chi connectivity index (χ0) is 17.8. The number of benzene rings is 1. The van der Waals surface area contributed by atoms with E-state index in [0.29, 0.717) is 18.8 Å². The fourth-order valence-electron chi connectivity index (χ4n) is 2.50. The van der Waals surface area contributed by atoms with Crippen LogP contribution in [0.5, 0.6) is 0 Å². The molecule has 2 N–H and O–H groups in total. The van der Waals surface area contributed by atoms with Crippen LogP contribution in [0, 0.1) is 15.9 Å². The van der Waals surface area contributed by atoms with Crippen LogP contribution in [0.4, 0.5) is 27.4 Å². The SMILES string of the molecule is O=[N+]([O-])c1c(NCC2CCCO2)ncnc1Nc1ccc(F)c(Cl)c1. The first-order valence-electron chi connectivity index (χ1n) is 7.61. The van der Waals surface area contributed by atoms with Crippen molar-refractivity contribution < 1.29 is 14.1 Å². The molecule has 0 radical (unpaired) electrons. The molecule has 0 saturated carbocycles. The van der Waals surface area contributed by atoms with Gasteiger partial charge in [0.25, 0.3) is 0 Å². The lowest BCUT2D eigenvalue weighted by Gasteiger charge is -2.13. The Morgan fingerprint density at radius 2 is 2.20 bits per heavy atom. The number of hydrogen-bond acceptors (Lipinski definition) is 7. The van der Waals surface area contributed by atoms with Gasteiger partial charge < -0.3 is 15.4 Å². The van der Waals surface area contributed by atoms with Crippen LogP contribution in [0.1, 0.15) is 12.8 Å². The van der Waals surface area contributed by atoms with Crippen LogP contribution in [0.3, 0.4) is 0 Å². The molecule has 1 aliphatic heterocycles. The average Bonchev–Trinajstić information content (AvgIpc) is 3.09. The highest BCUT2D eigenvalue weighted by Crippen LogP contribution is 2.32. The molecule has 1 aromatic carbocycles. The van der Waals surface area contributed by atoms with Crippen molar-refractivity contribution in [3.63, 3.8) is 0 Å². The Bertz CT molecular complexity index is 786. The van der Waals surface area contributed by atoms with Crippen LogP contribution in [0.15, 0.2) is 24.5 Å². The number of aromatic nitrogens is 2. The molecule has 0 bridgehead atoms. The van der Waals surface area contributed by atoms with Crippen LogP contribution in [-0.4, -0.2) is 34.1 Å². The van der Waals surface area contributed by atoms with Gasteiger partial charge in [-0.15, -0.1) is 0 Å². The van der Waals surface area contributed by atoms with Crippen molar-refractivity contribution in [3.05, 3.63) is 45.5 Å². The van der Waals surface area contributed by atoms with Gasteiger partial charge in [0.15, 0.2) is 0 Å². The maximum atomic E-state index is 13.2. The lowest BCUT2D eigenvalue weighted by atomic mass is 10.2. The third-order valence-electron chi connectivity index (χ3n) is 3.71. The topological polar surface area (TPSA) is 102 Å². The minimum absolute atomic E-state index is 0.00174. The molecular formula is C15H15ClFN5O3. The number of nitrogens with zero attached hydrogens (tertiary/aromatic N) is 3. The van der Waals surface area contributed by atoms with Crippen molar-refractivity contribution >= 4 is 34.6 Å². The maximum Gasteiger partial charge on any atom is 0.353 e. The second-order valence-electron chi connectivity index (χ2n) is 5.45. The fraction of sp³-hybridized carbons (Fsp3) is 0.333. The third kappa shape index (κ3) is 4.12. The zero-order valence-electron chi connectivity index (χ0n) is 13.0. The van der Waals surface area contributed by atoms with E-state index in [1.165, 1.54) is 18.5 Å². The van der Waals surface area contributed by atoms with E-state index in [4.69, 9.17) is 16.3 Å². The summed E-state index contributed by atoms with van der Waals surface area (Å²) in [6.07, 6.45) is 3.07. The summed E-state index contributed by atoms with van der Waals surface area (Å²) in [5.41, 5.74) is 0.0687. The Morgan fingerprint density at radius 1 is 1.40 bits per heavy atom. The van der Waals surface area contributed by atoms with Crippen LogP contribution >= 0.6 is 11.6 Å². The number of nitrogens with one attached hydrogen (secondary N) is 2. The van der Waals surface area contributed by atoms with Gasteiger partial charge in [0.05, 0.1) is 16.0 Å². The van der Waals surface area contributed by atoms with Gasteiger partial charge in [-0.2, -0.15) is 0 Å². The average molecular weight is 368 g/mol. The minimum Gasteiger partial charge on any atom is -0.376 e. The molecule has 1 aliphatic rings. The second-order valence-corrected chi connectivity index (χ2v) is 5.85. The Labute approximate surface area is 147 Å². The lowest BCUT2D eigenvalue weighted by Crippen LogP contribution is -2.20. The number of anilines is 3. The molecule has 132 valence electrons. The molecule has 1 unspecified atom stereocenters. The van der Waals surface area contributed by atoms with E-state index >= 15 is 0 Å².